The Labute approximate surface area is 100 Å². The fraction of sp³-hybridized carbons (Fsp3) is 0.583. The Kier molecular flexibility index (Phi) is 4.09. The molecule has 0 aliphatic carbocycles. The minimum atomic E-state index is 0.228. The van der Waals surface area contributed by atoms with Gasteiger partial charge in [-0.15, -0.1) is 11.3 Å². The molecule has 0 amide bonds. The first-order valence-electron chi connectivity index (χ1n) is 5.70. The maximum atomic E-state index is 11.9. The van der Waals surface area contributed by atoms with Crippen LogP contribution in [0.15, 0.2) is 17.5 Å². The first kappa shape index (κ1) is 11.8. The highest BCUT2D eigenvalue weighted by Crippen LogP contribution is 2.12. The van der Waals surface area contributed by atoms with Crippen LogP contribution in [0.1, 0.15) is 23.0 Å². The lowest BCUT2D eigenvalue weighted by Gasteiger charge is -2.31. The van der Waals surface area contributed by atoms with Crippen molar-refractivity contribution in [2.24, 2.45) is 0 Å². The van der Waals surface area contributed by atoms with Crippen LogP contribution in [0.5, 0.6) is 0 Å². The van der Waals surface area contributed by atoms with Crippen LogP contribution in [-0.4, -0.2) is 43.0 Å². The largest absolute Gasteiger partial charge is 0.376 e. The monoisotopic (exact) mass is 239 g/mol. The third-order valence-electron chi connectivity index (χ3n) is 2.84. The lowest BCUT2D eigenvalue weighted by molar-refractivity contribution is -0.0271. The molecule has 0 saturated carbocycles. The quantitative estimate of drug-likeness (QED) is 0.753. The molecule has 2 heterocycles. The van der Waals surface area contributed by atoms with E-state index in [1.807, 2.05) is 17.5 Å². The maximum absolute atomic E-state index is 11.9. The number of ether oxygens (including phenoxy) is 1. The van der Waals surface area contributed by atoms with Gasteiger partial charge < -0.3 is 4.74 Å². The Morgan fingerprint density at radius 3 is 3.25 bits per heavy atom. The number of thiophene rings is 1. The van der Waals surface area contributed by atoms with Crippen molar-refractivity contribution in [3.8, 4) is 0 Å². The van der Waals surface area contributed by atoms with Gasteiger partial charge in [0.2, 0.25) is 0 Å². The number of carbonyl (C=O) groups excluding carboxylic acids is 1. The van der Waals surface area contributed by atoms with E-state index in [1.54, 1.807) is 0 Å². The van der Waals surface area contributed by atoms with Gasteiger partial charge in [0.05, 0.1) is 24.1 Å². The second-order valence-corrected chi connectivity index (χ2v) is 4.98. The number of nitrogens with zero attached hydrogens (tertiary/aromatic N) is 1. The molecule has 0 aromatic carbocycles. The summed E-state index contributed by atoms with van der Waals surface area (Å²) in [5.74, 6) is 0.228. The zero-order valence-corrected chi connectivity index (χ0v) is 10.3. The van der Waals surface area contributed by atoms with E-state index in [9.17, 15) is 4.79 Å². The second kappa shape index (κ2) is 5.57. The molecule has 1 aromatic rings. The van der Waals surface area contributed by atoms with Crippen molar-refractivity contribution in [2.45, 2.75) is 19.4 Å². The van der Waals surface area contributed by atoms with Crippen LogP contribution < -0.4 is 0 Å². The first-order valence-corrected chi connectivity index (χ1v) is 6.58. The van der Waals surface area contributed by atoms with E-state index in [1.165, 1.54) is 11.3 Å². The average molecular weight is 239 g/mol. The number of Topliss-reactive ketones (excluding diaryl/α,β-unsaturated/α-hetero) is 1. The van der Waals surface area contributed by atoms with Gasteiger partial charge in [-0.05, 0) is 17.9 Å². The number of hydrogen-bond donors (Lipinski definition) is 0. The van der Waals surface area contributed by atoms with Crippen LogP contribution in [0.2, 0.25) is 0 Å². The van der Waals surface area contributed by atoms with Gasteiger partial charge in [0.1, 0.15) is 0 Å². The van der Waals surface area contributed by atoms with Gasteiger partial charge >= 0.3 is 0 Å². The van der Waals surface area contributed by atoms with Crippen molar-refractivity contribution in [3.63, 3.8) is 0 Å². The highest BCUT2D eigenvalue weighted by atomic mass is 32.1. The molecular weight excluding hydrogens is 222 g/mol. The fourth-order valence-corrected chi connectivity index (χ4v) is 2.55. The lowest BCUT2D eigenvalue weighted by Crippen LogP contribution is -2.44. The summed E-state index contributed by atoms with van der Waals surface area (Å²) in [7, 11) is 0. The number of ketones is 1. The summed E-state index contributed by atoms with van der Waals surface area (Å²) in [5.41, 5.74) is 0. The Hall–Kier alpha value is -0.710. The van der Waals surface area contributed by atoms with E-state index in [2.05, 4.69) is 11.8 Å². The van der Waals surface area contributed by atoms with E-state index in [0.717, 1.165) is 31.0 Å². The molecule has 1 atom stereocenters. The molecule has 1 fully saturated rings. The Morgan fingerprint density at radius 1 is 1.69 bits per heavy atom. The molecule has 1 aliphatic rings. The van der Waals surface area contributed by atoms with E-state index >= 15 is 0 Å². The molecule has 2 rings (SSSR count). The molecule has 0 N–H and O–H groups in total. The Balaban J connectivity index is 1.87. The number of rotatable bonds is 4. The van der Waals surface area contributed by atoms with Crippen molar-refractivity contribution in [1.29, 1.82) is 0 Å². The minimum absolute atomic E-state index is 0.228. The van der Waals surface area contributed by atoms with Gasteiger partial charge in [0.15, 0.2) is 5.78 Å². The van der Waals surface area contributed by atoms with Gasteiger partial charge in [-0.25, -0.2) is 0 Å². The van der Waals surface area contributed by atoms with Crippen LogP contribution in [0, 0.1) is 0 Å². The molecule has 88 valence electrons. The maximum Gasteiger partial charge on any atom is 0.186 e. The average Bonchev–Trinajstić information content (AvgIpc) is 2.83. The molecule has 4 heteroatoms. The van der Waals surface area contributed by atoms with Crippen LogP contribution in [0.25, 0.3) is 0 Å². The molecule has 16 heavy (non-hydrogen) atoms. The Bertz CT molecular complexity index is 337. The van der Waals surface area contributed by atoms with Crippen LogP contribution in [-0.2, 0) is 4.74 Å². The molecule has 1 saturated heterocycles. The third-order valence-corrected chi connectivity index (χ3v) is 3.75. The standard InChI is InChI=1S/C12H17NO2S/c1-2-10-8-13(5-6-15-10)9-11(14)12-4-3-7-16-12/h3-4,7,10H,2,5-6,8-9H2,1H3. The molecule has 1 unspecified atom stereocenters. The zero-order chi connectivity index (χ0) is 11.4. The lowest BCUT2D eigenvalue weighted by atomic mass is 10.2. The summed E-state index contributed by atoms with van der Waals surface area (Å²) in [5, 5.41) is 1.95. The summed E-state index contributed by atoms with van der Waals surface area (Å²) in [4.78, 5) is 15.0. The van der Waals surface area contributed by atoms with E-state index in [-0.39, 0.29) is 5.78 Å². The normalized spacial score (nSPS) is 22.2. The molecular formula is C12H17NO2S. The minimum Gasteiger partial charge on any atom is -0.376 e. The van der Waals surface area contributed by atoms with Crippen LogP contribution in [0.3, 0.4) is 0 Å². The van der Waals surface area contributed by atoms with Gasteiger partial charge in [-0.1, -0.05) is 13.0 Å². The Morgan fingerprint density at radius 2 is 2.56 bits per heavy atom. The predicted octanol–water partition coefficient (Wildman–Crippen LogP) is 2.04. The molecule has 0 radical (unpaired) electrons. The second-order valence-electron chi connectivity index (χ2n) is 4.04. The molecule has 3 nitrogen and oxygen atoms in total. The molecule has 0 spiro atoms. The number of carbonyl (C=O) groups is 1. The third kappa shape index (κ3) is 2.90. The smallest absolute Gasteiger partial charge is 0.186 e. The number of morpholine rings is 1. The van der Waals surface area contributed by atoms with Gasteiger partial charge in [0, 0.05) is 13.1 Å². The number of hydrogen-bond acceptors (Lipinski definition) is 4. The highest BCUT2D eigenvalue weighted by molar-refractivity contribution is 7.12. The van der Waals surface area contributed by atoms with Crippen molar-refractivity contribution in [3.05, 3.63) is 22.4 Å². The van der Waals surface area contributed by atoms with Gasteiger partial charge in [0.25, 0.3) is 0 Å². The predicted molar refractivity (Wildman–Crippen MR) is 65.1 cm³/mol. The summed E-state index contributed by atoms with van der Waals surface area (Å²) in [6.45, 7) is 5.15. The molecule has 0 bridgehead atoms. The van der Waals surface area contributed by atoms with Crippen molar-refractivity contribution in [1.82, 2.24) is 4.90 Å². The van der Waals surface area contributed by atoms with E-state index in [0.29, 0.717) is 12.6 Å². The summed E-state index contributed by atoms with van der Waals surface area (Å²) < 4.78 is 5.58. The summed E-state index contributed by atoms with van der Waals surface area (Å²) >= 11 is 1.52. The SMILES string of the molecule is CCC1CN(CC(=O)c2cccs2)CCO1. The van der Waals surface area contributed by atoms with Crippen LogP contribution >= 0.6 is 11.3 Å². The van der Waals surface area contributed by atoms with E-state index < -0.39 is 0 Å². The van der Waals surface area contributed by atoms with E-state index in [4.69, 9.17) is 4.74 Å². The van der Waals surface area contributed by atoms with Crippen molar-refractivity contribution in [2.75, 3.05) is 26.2 Å². The summed E-state index contributed by atoms with van der Waals surface area (Å²) in [6.07, 6.45) is 1.31. The van der Waals surface area contributed by atoms with Gasteiger partial charge in [-0.3, -0.25) is 9.69 Å². The topological polar surface area (TPSA) is 29.5 Å². The fourth-order valence-electron chi connectivity index (χ4n) is 1.89. The van der Waals surface area contributed by atoms with Crippen LogP contribution in [0.4, 0.5) is 0 Å². The highest BCUT2D eigenvalue weighted by Gasteiger charge is 2.21. The van der Waals surface area contributed by atoms with Crippen molar-refractivity contribution >= 4 is 17.1 Å². The van der Waals surface area contributed by atoms with Gasteiger partial charge in [-0.2, -0.15) is 0 Å². The van der Waals surface area contributed by atoms with Crippen molar-refractivity contribution < 1.29 is 9.53 Å². The molecule has 1 aromatic heterocycles. The first-order chi connectivity index (χ1) is 7.79. The summed E-state index contributed by atoms with van der Waals surface area (Å²) in [6, 6.07) is 3.82. The molecule has 1 aliphatic heterocycles. The zero-order valence-electron chi connectivity index (χ0n) is 9.52.